The predicted molar refractivity (Wildman–Crippen MR) is 78.3 cm³/mol. The number of hydrogen-bond acceptors (Lipinski definition) is 4. The van der Waals surface area contributed by atoms with Crippen LogP contribution in [0.1, 0.15) is 32.1 Å². The fraction of sp³-hybridized carbons (Fsp3) is 0.667. The van der Waals surface area contributed by atoms with Crippen molar-refractivity contribution in [2.45, 2.75) is 38.1 Å². The first-order valence-electron chi connectivity index (χ1n) is 6.37. The van der Waals surface area contributed by atoms with Crippen LogP contribution in [0.25, 0.3) is 0 Å². The lowest BCUT2D eigenvalue weighted by Gasteiger charge is -2.22. The van der Waals surface area contributed by atoms with E-state index in [1.54, 1.807) is 0 Å². The van der Waals surface area contributed by atoms with Crippen LogP contribution in [0, 0.1) is 0 Å². The molecule has 1 rings (SSSR count). The number of carbonyl (C=O) groups is 4. The van der Waals surface area contributed by atoms with Crippen LogP contribution in [0.5, 0.6) is 0 Å². The zero-order valence-electron chi connectivity index (χ0n) is 10.9. The van der Waals surface area contributed by atoms with Gasteiger partial charge in [0.05, 0.1) is 4.43 Å². The van der Waals surface area contributed by atoms with E-state index in [1.807, 2.05) is 22.6 Å². The third-order valence-electron chi connectivity index (χ3n) is 3.03. The number of rotatable bonds is 8. The van der Waals surface area contributed by atoms with Crippen molar-refractivity contribution >= 4 is 46.3 Å². The minimum absolute atomic E-state index is 0.0646. The van der Waals surface area contributed by atoms with Crippen LogP contribution in [-0.2, 0) is 19.2 Å². The van der Waals surface area contributed by atoms with Gasteiger partial charge in [0.2, 0.25) is 17.7 Å². The molecular formula is C12H17IN2O5. The number of carboxylic acids is 1. The molecular weight excluding hydrogens is 379 g/mol. The number of amides is 3. The predicted octanol–water partition coefficient (Wildman–Crippen LogP) is 0.310. The Morgan fingerprint density at radius 3 is 2.35 bits per heavy atom. The van der Waals surface area contributed by atoms with Crippen molar-refractivity contribution in [3.63, 3.8) is 0 Å². The van der Waals surface area contributed by atoms with Crippen molar-refractivity contribution in [2.75, 3.05) is 11.0 Å². The number of halogens is 1. The average molecular weight is 396 g/mol. The van der Waals surface area contributed by atoms with E-state index in [0.717, 1.165) is 4.90 Å². The van der Waals surface area contributed by atoms with E-state index in [4.69, 9.17) is 5.11 Å². The molecule has 1 saturated heterocycles. The van der Waals surface area contributed by atoms with Gasteiger partial charge in [0.1, 0.15) is 6.04 Å². The summed E-state index contributed by atoms with van der Waals surface area (Å²) in [5, 5.41) is 11.8. The molecule has 1 aliphatic rings. The van der Waals surface area contributed by atoms with Crippen LogP contribution in [-0.4, -0.2) is 50.7 Å². The van der Waals surface area contributed by atoms with Crippen molar-refractivity contribution in [3.8, 4) is 0 Å². The van der Waals surface area contributed by atoms with Crippen LogP contribution < -0.4 is 5.32 Å². The number of likely N-dealkylation sites (tertiary alicyclic amines) is 1. The van der Waals surface area contributed by atoms with Crippen molar-refractivity contribution in [1.29, 1.82) is 0 Å². The van der Waals surface area contributed by atoms with Gasteiger partial charge in [-0.2, -0.15) is 0 Å². The summed E-state index contributed by atoms with van der Waals surface area (Å²) >= 11 is 1.95. The maximum atomic E-state index is 11.5. The SMILES string of the molecule is O=C(CI)NCCCCC(C(=O)O)N1C(=O)CCC1=O. The Morgan fingerprint density at radius 1 is 1.25 bits per heavy atom. The average Bonchev–Trinajstić information content (AvgIpc) is 2.73. The monoisotopic (exact) mass is 396 g/mol. The molecule has 0 aromatic heterocycles. The van der Waals surface area contributed by atoms with Gasteiger partial charge in [-0.05, 0) is 19.3 Å². The van der Waals surface area contributed by atoms with E-state index in [-0.39, 0.29) is 25.2 Å². The van der Waals surface area contributed by atoms with Gasteiger partial charge in [0.15, 0.2) is 0 Å². The number of imide groups is 1. The quantitative estimate of drug-likeness (QED) is 0.266. The number of carbonyl (C=O) groups excluding carboxylic acids is 3. The van der Waals surface area contributed by atoms with E-state index in [2.05, 4.69) is 5.32 Å². The third-order valence-corrected chi connectivity index (χ3v) is 3.73. The maximum absolute atomic E-state index is 11.5. The highest BCUT2D eigenvalue weighted by atomic mass is 127. The summed E-state index contributed by atoms with van der Waals surface area (Å²) < 4.78 is 0.381. The number of aliphatic carboxylic acids is 1. The molecule has 1 atom stereocenters. The van der Waals surface area contributed by atoms with Gasteiger partial charge in [-0.15, -0.1) is 0 Å². The van der Waals surface area contributed by atoms with Gasteiger partial charge in [0.25, 0.3) is 0 Å². The summed E-state index contributed by atoms with van der Waals surface area (Å²) in [7, 11) is 0. The Kier molecular flexibility index (Phi) is 6.89. The van der Waals surface area contributed by atoms with Gasteiger partial charge >= 0.3 is 5.97 Å². The number of unbranched alkanes of at least 4 members (excludes halogenated alkanes) is 1. The van der Waals surface area contributed by atoms with Crippen LogP contribution in [0.3, 0.4) is 0 Å². The molecule has 1 heterocycles. The molecule has 0 aromatic carbocycles. The van der Waals surface area contributed by atoms with Crippen molar-refractivity contribution in [2.24, 2.45) is 0 Å². The number of nitrogens with one attached hydrogen (secondary N) is 1. The fourth-order valence-corrected chi connectivity index (χ4v) is 2.31. The van der Waals surface area contributed by atoms with Crippen molar-refractivity contribution in [1.82, 2.24) is 10.2 Å². The molecule has 0 aromatic rings. The van der Waals surface area contributed by atoms with E-state index >= 15 is 0 Å². The molecule has 0 spiro atoms. The first-order valence-corrected chi connectivity index (χ1v) is 7.90. The lowest BCUT2D eigenvalue weighted by atomic mass is 10.1. The molecule has 0 bridgehead atoms. The highest BCUT2D eigenvalue weighted by Gasteiger charge is 2.38. The number of nitrogens with zero attached hydrogens (tertiary/aromatic N) is 1. The normalized spacial score (nSPS) is 16.4. The second-order valence-electron chi connectivity index (χ2n) is 4.49. The smallest absolute Gasteiger partial charge is 0.326 e. The summed E-state index contributed by atoms with van der Waals surface area (Å²) in [6.45, 7) is 0.468. The first kappa shape index (κ1) is 16.9. The summed E-state index contributed by atoms with van der Waals surface area (Å²) in [4.78, 5) is 46.1. The minimum atomic E-state index is -1.16. The first-order chi connectivity index (χ1) is 9.47. The zero-order chi connectivity index (χ0) is 15.1. The van der Waals surface area contributed by atoms with E-state index in [1.165, 1.54) is 0 Å². The molecule has 0 aliphatic carbocycles. The topological polar surface area (TPSA) is 104 Å². The summed E-state index contributed by atoms with van der Waals surface area (Å²) in [5.74, 6) is -2.06. The lowest BCUT2D eigenvalue weighted by Crippen LogP contribution is -2.44. The second kappa shape index (κ2) is 8.18. The molecule has 112 valence electrons. The molecule has 0 radical (unpaired) electrons. The van der Waals surface area contributed by atoms with Crippen LogP contribution in [0.4, 0.5) is 0 Å². The summed E-state index contributed by atoms with van der Waals surface area (Å²) in [6, 6.07) is -1.09. The minimum Gasteiger partial charge on any atom is -0.480 e. The fourth-order valence-electron chi connectivity index (χ4n) is 2.04. The number of alkyl halides is 1. The van der Waals surface area contributed by atoms with E-state index < -0.39 is 23.8 Å². The van der Waals surface area contributed by atoms with Crippen LogP contribution in [0.15, 0.2) is 0 Å². The molecule has 3 amide bonds. The summed E-state index contributed by atoms with van der Waals surface area (Å²) in [5.41, 5.74) is 0. The van der Waals surface area contributed by atoms with E-state index in [0.29, 0.717) is 23.8 Å². The van der Waals surface area contributed by atoms with Gasteiger partial charge in [0, 0.05) is 19.4 Å². The van der Waals surface area contributed by atoms with Gasteiger partial charge in [-0.1, -0.05) is 22.6 Å². The molecule has 2 N–H and O–H groups in total. The van der Waals surface area contributed by atoms with Gasteiger partial charge in [-0.25, -0.2) is 4.79 Å². The second-order valence-corrected chi connectivity index (χ2v) is 5.25. The molecule has 8 heteroatoms. The standard InChI is InChI=1S/C12H17IN2O5/c13-7-9(16)14-6-2-1-3-8(12(19)20)15-10(17)4-5-11(15)18/h8H,1-7H2,(H,14,16)(H,19,20). The zero-order valence-corrected chi connectivity index (χ0v) is 13.1. The Hall–Kier alpha value is -1.19. The summed E-state index contributed by atoms with van der Waals surface area (Å²) in [6.07, 6.45) is 1.54. The third kappa shape index (κ3) is 4.73. The number of hydrogen-bond donors (Lipinski definition) is 2. The molecule has 7 nitrogen and oxygen atoms in total. The Bertz CT molecular complexity index is 397. The molecule has 1 fully saturated rings. The molecule has 0 saturated carbocycles. The lowest BCUT2D eigenvalue weighted by molar-refractivity contribution is -0.154. The number of carboxylic acid groups (broad SMARTS) is 1. The highest BCUT2D eigenvalue weighted by Crippen LogP contribution is 2.19. The largest absolute Gasteiger partial charge is 0.480 e. The van der Waals surface area contributed by atoms with Crippen LogP contribution >= 0.6 is 22.6 Å². The molecule has 1 unspecified atom stereocenters. The van der Waals surface area contributed by atoms with Gasteiger partial charge < -0.3 is 10.4 Å². The Balaban J connectivity index is 2.41. The van der Waals surface area contributed by atoms with E-state index in [9.17, 15) is 19.2 Å². The van der Waals surface area contributed by atoms with Gasteiger partial charge in [-0.3, -0.25) is 19.3 Å². The molecule has 1 aliphatic heterocycles. The molecule has 20 heavy (non-hydrogen) atoms. The Labute approximate surface area is 130 Å². The van der Waals surface area contributed by atoms with Crippen molar-refractivity contribution in [3.05, 3.63) is 0 Å². The Morgan fingerprint density at radius 2 is 1.85 bits per heavy atom. The van der Waals surface area contributed by atoms with Crippen molar-refractivity contribution < 1.29 is 24.3 Å². The highest BCUT2D eigenvalue weighted by molar-refractivity contribution is 14.1. The van der Waals surface area contributed by atoms with Crippen LogP contribution in [0.2, 0.25) is 0 Å². The maximum Gasteiger partial charge on any atom is 0.326 e.